The minimum absolute atomic E-state index is 0.0133. The van der Waals surface area contributed by atoms with E-state index in [-0.39, 0.29) is 39.2 Å². The summed E-state index contributed by atoms with van der Waals surface area (Å²) in [7, 11) is -0.116. The summed E-state index contributed by atoms with van der Waals surface area (Å²) in [5.74, 6) is -3.11. The Morgan fingerprint density at radius 2 is 1.65 bits per heavy atom. The van der Waals surface area contributed by atoms with E-state index in [0.29, 0.717) is 5.69 Å². The average Bonchev–Trinajstić information content (AvgIpc) is 3.02. The molecule has 11 heteroatoms. The fourth-order valence-corrected chi connectivity index (χ4v) is 3.55. The van der Waals surface area contributed by atoms with Gasteiger partial charge >= 0.3 is 7.12 Å². The summed E-state index contributed by atoms with van der Waals surface area (Å²) >= 11 is 0. The van der Waals surface area contributed by atoms with Gasteiger partial charge in [-0.2, -0.15) is 5.26 Å². The zero-order valence-electron chi connectivity index (χ0n) is 18.5. The Morgan fingerprint density at radius 3 is 2.24 bits per heavy atom. The Hall–Kier alpha value is -4.27. The van der Waals surface area contributed by atoms with Gasteiger partial charge in [0.05, 0.1) is 16.8 Å². The molecule has 3 aromatic rings. The van der Waals surface area contributed by atoms with Crippen molar-refractivity contribution in [3.8, 4) is 6.07 Å². The first-order chi connectivity index (χ1) is 16.0. The number of nitrogens with zero attached hydrogens (tertiary/aromatic N) is 2. The lowest BCUT2D eigenvalue weighted by atomic mass is 9.80. The van der Waals surface area contributed by atoms with Crippen molar-refractivity contribution in [2.45, 2.75) is 13.8 Å². The van der Waals surface area contributed by atoms with Gasteiger partial charge in [-0.15, -0.1) is 0 Å². The molecular formula is C23H20BFN4O5. The SMILES string of the molecule is Cc1c(C(=O)Nc2ccc(F)c(C#N)c2)c(C)n(C)c1C(=O)C(=O)Nc1ccc(B(O)O)cc1. The zero-order valence-corrected chi connectivity index (χ0v) is 18.5. The van der Waals surface area contributed by atoms with Crippen LogP contribution in [0.5, 0.6) is 0 Å². The van der Waals surface area contributed by atoms with Crippen molar-refractivity contribution < 1.29 is 28.8 Å². The number of carbonyl (C=O) groups is 3. The van der Waals surface area contributed by atoms with Crippen molar-refractivity contribution in [2.24, 2.45) is 7.05 Å². The molecule has 0 atom stereocenters. The van der Waals surface area contributed by atoms with Crippen LogP contribution in [0.3, 0.4) is 0 Å². The van der Waals surface area contributed by atoms with E-state index in [2.05, 4.69) is 10.6 Å². The van der Waals surface area contributed by atoms with Gasteiger partial charge < -0.3 is 25.2 Å². The van der Waals surface area contributed by atoms with Gasteiger partial charge in [-0.3, -0.25) is 14.4 Å². The van der Waals surface area contributed by atoms with Gasteiger partial charge in [-0.25, -0.2) is 4.39 Å². The lowest BCUT2D eigenvalue weighted by molar-refractivity contribution is -0.112. The molecule has 0 saturated carbocycles. The third kappa shape index (κ3) is 4.73. The number of nitrogens with one attached hydrogen (secondary N) is 2. The fraction of sp³-hybridized carbons (Fsp3) is 0.130. The number of anilines is 2. The fourth-order valence-electron chi connectivity index (χ4n) is 3.55. The van der Waals surface area contributed by atoms with Gasteiger partial charge in [0.2, 0.25) is 0 Å². The summed E-state index contributed by atoms with van der Waals surface area (Å²) in [5, 5.41) is 32.3. The molecule has 34 heavy (non-hydrogen) atoms. The summed E-state index contributed by atoms with van der Waals surface area (Å²) in [4.78, 5) is 38.4. The van der Waals surface area contributed by atoms with Gasteiger partial charge in [-0.1, -0.05) is 12.1 Å². The summed E-state index contributed by atoms with van der Waals surface area (Å²) in [5.41, 5.74) is 1.35. The first-order valence-corrected chi connectivity index (χ1v) is 10.0. The van der Waals surface area contributed by atoms with Crippen LogP contribution in [0.1, 0.15) is 37.7 Å². The average molecular weight is 462 g/mol. The van der Waals surface area contributed by atoms with Gasteiger partial charge in [0, 0.05) is 24.1 Å². The lowest BCUT2D eigenvalue weighted by Crippen LogP contribution is -2.30. The Kier molecular flexibility index (Phi) is 6.96. The molecule has 4 N–H and O–H groups in total. The van der Waals surface area contributed by atoms with Gasteiger partial charge in [0.25, 0.3) is 17.6 Å². The quantitative estimate of drug-likeness (QED) is 0.248. The molecule has 0 bridgehead atoms. The number of carbonyl (C=O) groups excluding carboxylic acids is 3. The van der Waals surface area contributed by atoms with E-state index in [1.54, 1.807) is 20.0 Å². The highest BCUT2D eigenvalue weighted by molar-refractivity contribution is 6.58. The number of nitriles is 1. The summed E-state index contributed by atoms with van der Waals surface area (Å²) in [6.45, 7) is 3.14. The maximum absolute atomic E-state index is 13.6. The van der Waals surface area contributed by atoms with Crippen molar-refractivity contribution in [3.05, 3.63) is 76.4 Å². The predicted octanol–water partition coefficient (Wildman–Crippen LogP) is 1.41. The summed E-state index contributed by atoms with van der Waals surface area (Å²) < 4.78 is 15.0. The Bertz CT molecular complexity index is 1340. The molecule has 172 valence electrons. The highest BCUT2D eigenvalue weighted by Crippen LogP contribution is 2.24. The zero-order chi connectivity index (χ0) is 25.2. The smallest absolute Gasteiger partial charge is 0.423 e. The van der Waals surface area contributed by atoms with E-state index in [9.17, 15) is 18.8 Å². The monoisotopic (exact) mass is 462 g/mol. The molecule has 9 nitrogen and oxygen atoms in total. The molecule has 0 unspecified atom stereocenters. The van der Waals surface area contributed by atoms with E-state index in [0.717, 1.165) is 6.07 Å². The summed E-state index contributed by atoms with van der Waals surface area (Å²) in [6.07, 6.45) is 0. The second-order valence-corrected chi connectivity index (χ2v) is 7.53. The number of Topliss-reactive ketones (excluding diaryl/α,β-unsaturated/α-hetero) is 1. The Morgan fingerprint density at radius 1 is 1.03 bits per heavy atom. The van der Waals surface area contributed by atoms with Crippen LogP contribution in [-0.2, 0) is 11.8 Å². The molecule has 0 saturated heterocycles. The minimum Gasteiger partial charge on any atom is -0.423 e. The number of rotatable bonds is 6. The largest absolute Gasteiger partial charge is 0.488 e. The van der Waals surface area contributed by atoms with Crippen molar-refractivity contribution >= 4 is 41.6 Å². The third-order valence-electron chi connectivity index (χ3n) is 5.39. The Labute approximate surface area is 194 Å². The van der Waals surface area contributed by atoms with Gasteiger partial charge in [0.15, 0.2) is 0 Å². The first kappa shape index (κ1) is 24.4. The number of halogens is 1. The normalized spacial score (nSPS) is 10.4. The molecule has 0 radical (unpaired) electrons. The van der Waals surface area contributed by atoms with E-state index in [4.69, 9.17) is 15.3 Å². The van der Waals surface area contributed by atoms with Crippen LogP contribution >= 0.6 is 0 Å². The topological polar surface area (TPSA) is 144 Å². The molecule has 0 aliphatic rings. The molecule has 1 aromatic heterocycles. The van der Waals surface area contributed by atoms with Crippen LogP contribution in [0, 0.1) is 31.0 Å². The van der Waals surface area contributed by atoms with Crippen LogP contribution in [0.25, 0.3) is 0 Å². The van der Waals surface area contributed by atoms with Crippen molar-refractivity contribution in [1.82, 2.24) is 4.57 Å². The van der Waals surface area contributed by atoms with Crippen molar-refractivity contribution in [3.63, 3.8) is 0 Å². The Balaban J connectivity index is 1.85. The molecule has 0 aliphatic heterocycles. The van der Waals surface area contributed by atoms with Crippen LogP contribution in [0.4, 0.5) is 15.8 Å². The maximum atomic E-state index is 13.6. The predicted molar refractivity (Wildman–Crippen MR) is 123 cm³/mol. The van der Waals surface area contributed by atoms with Gasteiger partial charge in [-0.05, 0) is 55.2 Å². The van der Waals surface area contributed by atoms with Crippen molar-refractivity contribution in [1.29, 1.82) is 5.26 Å². The molecule has 1 heterocycles. The number of amides is 2. The van der Waals surface area contributed by atoms with Crippen molar-refractivity contribution in [2.75, 3.05) is 10.6 Å². The van der Waals surface area contributed by atoms with E-state index >= 15 is 0 Å². The molecule has 2 amide bonds. The highest BCUT2D eigenvalue weighted by atomic mass is 19.1. The van der Waals surface area contributed by atoms with E-state index < -0.39 is 30.5 Å². The molecule has 0 aliphatic carbocycles. The molecule has 2 aromatic carbocycles. The molecule has 3 rings (SSSR count). The summed E-state index contributed by atoms with van der Waals surface area (Å²) in [6, 6.07) is 10.9. The first-order valence-electron chi connectivity index (χ1n) is 10.0. The molecular weight excluding hydrogens is 442 g/mol. The number of hydrogen-bond donors (Lipinski definition) is 4. The number of ketones is 1. The highest BCUT2D eigenvalue weighted by Gasteiger charge is 2.28. The van der Waals surface area contributed by atoms with Crippen LogP contribution in [-0.4, -0.2) is 39.3 Å². The molecule has 0 spiro atoms. The van der Waals surface area contributed by atoms with E-state index in [1.807, 2.05) is 0 Å². The standard InChI is InChI=1S/C23H20BFN4O5/c1-12-19(22(31)28-17-8-9-18(25)14(10-17)11-26)13(2)29(3)20(12)21(30)23(32)27-16-6-4-15(5-7-16)24(33)34/h4-10,33-34H,1-3H3,(H,27,32)(H,28,31). The molecule has 0 fully saturated rings. The number of hydrogen-bond acceptors (Lipinski definition) is 6. The van der Waals surface area contributed by atoms with Gasteiger partial charge in [0.1, 0.15) is 11.9 Å². The number of aromatic nitrogens is 1. The lowest BCUT2D eigenvalue weighted by Gasteiger charge is -2.08. The minimum atomic E-state index is -1.66. The second-order valence-electron chi connectivity index (χ2n) is 7.53. The third-order valence-corrected chi connectivity index (χ3v) is 5.39. The van der Waals surface area contributed by atoms with E-state index in [1.165, 1.54) is 47.9 Å². The number of benzene rings is 2. The maximum Gasteiger partial charge on any atom is 0.488 e. The van der Waals surface area contributed by atoms with Crippen LogP contribution in [0.15, 0.2) is 42.5 Å². The van der Waals surface area contributed by atoms with Crippen LogP contribution < -0.4 is 16.1 Å². The van der Waals surface area contributed by atoms with Crippen LogP contribution in [0.2, 0.25) is 0 Å². The second kappa shape index (κ2) is 9.70.